The van der Waals surface area contributed by atoms with Crippen LogP contribution in [0.25, 0.3) is 6.08 Å². The van der Waals surface area contributed by atoms with E-state index < -0.39 is 0 Å². The fourth-order valence-electron chi connectivity index (χ4n) is 3.91. The van der Waals surface area contributed by atoms with Gasteiger partial charge in [-0.2, -0.15) is 0 Å². The van der Waals surface area contributed by atoms with Gasteiger partial charge in [-0.25, -0.2) is 4.98 Å². The summed E-state index contributed by atoms with van der Waals surface area (Å²) in [4.78, 5) is 15.6. The van der Waals surface area contributed by atoms with Gasteiger partial charge in [-0.05, 0) is 68.4 Å². The zero-order valence-electron chi connectivity index (χ0n) is 22.6. The van der Waals surface area contributed by atoms with Crippen molar-refractivity contribution in [3.8, 4) is 0 Å². The van der Waals surface area contributed by atoms with E-state index in [0.717, 1.165) is 28.8 Å². The molecule has 2 fully saturated rings. The molecule has 0 saturated heterocycles. The molecule has 0 spiro atoms. The molecule has 2 aromatic rings. The van der Waals surface area contributed by atoms with Gasteiger partial charge in [0.25, 0.3) is 0 Å². The standard InChI is InChI=1S/C18H27N3.C8H9N.C4H10/c1-6-15-17(20-16(11-19-15)12-7-8-12)21(5)14-9-13(10-14)18(2,3)4;1-7-5-3-4-6-8(7)9-2;1-3-4-2/h6,11-14H,1,7-10H2,2-5H3;3-6H,2H2,1H3;3-4H2,1-2H3. The Kier molecular flexibility index (Phi) is 10.5. The van der Waals surface area contributed by atoms with Gasteiger partial charge in [0.2, 0.25) is 0 Å². The maximum Gasteiger partial charge on any atom is 0.154 e. The molecule has 2 aliphatic rings. The van der Waals surface area contributed by atoms with E-state index in [1.807, 2.05) is 43.5 Å². The molecule has 1 heterocycles. The molecule has 4 heteroatoms. The first-order valence-corrected chi connectivity index (χ1v) is 12.9. The van der Waals surface area contributed by atoms with E-state index in [9.17, 15) is 0 Å². The maximum atomic E-state index is 4.89. The number of anilines is 1. The van der Waals surface area contributed by atoms with Crippen LogP contribution in [0.3, 0.4) is 0 Å². The van der Waals surface area contributed by atoms with Crippen LogP contribution in [-0.2, 0) is 0 Å². The molecule has 4 nitrogen and oxygen atoms in total. The van der Waals surface area contributed by atoms with Crippen LogP contribution in [0.15, 0.2) is 42.0 Å². The third-order valence-electron chi connectivity index (χ3n) is 6.99. The predicted octanol–water partition coefficient (Wildman–Crippen LogP) is 8.39. The molecular formula is C30H46N4. The van der Waals surface area contributed by atoms with E-state index >= 15 is 0 Å². The molecule has 0 aliphatic heterocycles. The first-order valence-electron chi connectivity index (χ1n) is 12.9. The van der Waals surface area contributed by atoms with Crippen molar-refractivity contribution in [2.45, 2.75) is 92.0 Å². The second-order valence-electron chi connectivity index (χ2n) is 10.7. The Hall–Kier alpha value is -2.49. The molecule has 186 valence electrons. The Morgan fingerprint density at radius 2 is 1.74 bits per heavy atom. The van der Waals surface area contributed by atoms with Crippen molar-refractivity contribution in [3.05, 3.63) is 54.0 Å². The number of nitrogens with zero attached hydrogens (tertiary/aromatic N) is 4. The fourth-order valence-corrected chi connectivity index (χ4v) is 3.91. The number of aromatic nitrogens is 2. The summed E-state index contributed by atoms with van der Waals surface area (Å²) in [6.07, 6.45) is 11.4. The zero-order valence-corrected chi connectivity index (χ0v) is 22.6. The Morgan fingerprint density at radius 1 is 1.12 bits per heavy atom. The third kappa shape index (κ3) is 7.78. The number of unbranched alkanes of at least 4 members (excludes halogenated alkanes) is 1. The van der Waals surface area contributed by atoms with E-state index in [1.54, 1.807) is 0 Å². The minimum absolute atomic E-state index is 0.417. The summed E-state index contributed by atoms with van der Waals surface area (Å²) in [6, 6.07) is 8.50. The van der Waals surface area contributed by atoms with Crippen LogP contribution in [0.2, 0.25) is 0 Å². The van der Waals surface area contributed by atoms with Gasteiger partial charge >= 0.3 is 0 Å². The molecule has 2 aliphatic carbocycles. The predicted molar refractivity (Wildman–Crippen MR) is 149 cm³/mol. The van der Waals surface area contributed by atoms with Gasteiger partial charge in [0, 0.05) is 25.2 Å². The average Bonchev–Trinajstić information content (AvgIpc) is 3.63. The largest absolute Gasteiger partial charge is 0.355 e. The molecule has 34 heavy (non-hydrogen) atoms. The number of hydrogen-bond donors (Lipinski definition) is 0. The van der Waals surface area contributed by atoms with Crippen molar-refractivity contribution < 1.29 is 0 Å². The summed E-state index contributed by atoms with van der Waals surface area (Å²) >= 11 is 0. The van der Waals surface area contributed by atoms with Crippen molar-refractivity contribution in [3.63, 3.8) is 0 Å². The number of benzene rings is 1. The highest BCUT2D eigenvalue weighted by Gasteiger charge is 2.40. The molecular weight excluding hydrogens is 416 g/mol. The summed E-state index contributed by atoms with van der Waals surface area (Å²) in [5.41, 5.74) is 4.64. The van der Waals surface area contributed by atoms with Gasteiger partial charge in [-0.1, -0.05) is 72.2 Å². The first kappa shape index (κ1) is 27.8. The van der Waals surface area contributed by atoms with Crippen LogP contribution >= 0.6 is 0 Å². The van der Waals surface area contributed by atoms with Crippen LogP contribution in [0.5, 0.6) is 0 Å². The zero-order chi connectivity index (χ0) is 25.3. The number of aryl methyl sites for hydroxylation is 1. The molecule has 2 saturated carbocycles. The fraction of sp³-hybridized carbons (Fsp3) is 0.567. The smallest absolute Gasteiger partial charge is 0.154 e. The molecule has 0 amide bonds. The van der Waals surface area contributed by atoms with Crippen molar-refractivity contribution in [1.29, 1.82) is 0 Å². The van der Waals surface area contributed by atoms with E-state index in [2.05, 4.69) is 69.8 Å². The summed E-state index contributed by atoms with van der Waals surface area (Å²) in [7, 11) is 2.16. The second kappa shape index (κ2) is 12.8. The van der Waals surface area contributed by atoms with Gasteiger partial charge in [-0.3, -0.25) is 9.98 Å². The van der Waals surface area contributed by atoms with Gasteiger partial charge in [0.1, 0.15) is 5.69 Å². The maximum absolute atomic E-state index is 4.89. The van der Waals surface area contributed by atoms with Crippen molar-refractivity contribution >= 4 is 24.3 Å². The Bertz CT molecular complexity index is 916. The molecule has 1 aromatic carbocycles. The van der Waals surface area contributed by atoms with Gasteiger partial charge in [0.05, 0.1) is 11.4 Å². The SMILES string of the molecule is C=Cc1ncc(C2CC2)nc1N(C)C1CC(C(C)(C)C)C1.C=Nc1ccccc1C.CCCC. The van der Waals surface area contributed by atoms with Crippen molar-refractivity contribution in [2.75, 3.05) is 11.9 Å². The highest BCUT2D eigenvalue weighted by molar-refractivity contribution is 5.60. The van der Waals surface area contributed by atoms with Crippen LogP contribution in [0.1, 0.15) is 96.0 Å². The van der Waals surface area contributed by atoms with E-state index in [0.29, 0.717) is 17.4 Å². The molecule has 0 atom stereocenters. The molecule has 1 aromatic heterocycles. The molecule has 4 rings (SSSR count). The summed E-state index contributed by atoms with van der Waals surface area (Å²) in [6.45, 7) is 20.7. The topological polar surface area (TPSA) is 41.4 Å². The minimum Gasteiger partial charge on any atom is -0.355 e. The van der Waals surface area contributed by atoms with Crippen LogP contribution in [0.4, 0.5) is 11.5 Å². The van der Waals surface area contributed by atoms with Gasteiger partial charge in [-0.15, -0.1) is 0 Å². The van der Waals surface area contributed by atoms with E-state index in [-0.39, 0.29) is 0 Å². The average molecular weight is 463 g/mol. The van der Waals surface area contributed by atoms with Crippen LogP contribution in [0, 0.1) is 18.3 Å². The van der Waals surface area contributed by atoms with Crippen LogP contribution < -0.4 is 4.90 Å². The number of rotatable bonds is 6. The van der Waals surface area contributed by atoms with Crippen molar-refractivity contribution in [1.82, 2.24) is 9.97 Å². The number of aliphatic imine (C=N–C) groups is 1. The summed E-state index contributed by atoms with van der Waals surface area (Å²) < 4.78 is 0. The van der Waals surface area contributed by atoms with Crippen molar-refractivity contribution in [2.24, 2.45) is 16.3 Å². The molecule has 0 radical (unpaired) electrons. The summed E-state index contributed by atoms with van der Waals surface area (Å²) in [5, 5.41) is 0. The normalized spacial score (nSPS) is 18.9. The minimum atomic E-state index is 0.417. The lowest BCUT2D eigenvalue weighted by Crippen LogP contribution is -2.47. The number of para-hydroxylation sites is 1. The first-order chi connectivity index (χ1) is 16.2. The number of hydrogen-bond acceptors (Lipinski definition) is 4. The monoisotopic (exact) mass is 462 g/mol. The van der Waals surface area contributed by atoms with E-state index in [4.69, 9.17) is 4.98 Å². The third-order valence-corrected chi connectivity index (χ3v) is 6.99. The lowest BCUT2D eigenvalue weighted by atomic mass is 9.65. The van der Waals surface area contributed by atoms with Gasteiger partial charge in [0.15, 0.2) is 5.82 Å². The molecule has 0 bridgehead atoms. The van der Waals surface area contributed by atoms with Gasteiger partial charge < -0.3 is 4.90 Å². The lowest BCUT2D eigenvalue weighted by molar-refractivity contribution is 0.115. The van der Waals surface area contributed by atoms with E-state index in [1.165, 1.54) is 44.1 Å². The summed E-state index contributed by atoms with van der Waals surface area (Å²) in [5.74, 6) is 2.48. The highest BCUT2D eigenvalue weighted by Crippen LogP contribution is 2.45. The Labute approximate surface area is 208 Å². The van der Waals surface area contributed by atoms with Crippen LogP contribution in [-0.4, -0.2) is 29.8 Å². The molecule has 0 unspecified atom stereocenters. The Balaban J connectivity index is 0.000000260. The highest BCUT2D eigenvalue weighted by atomic mass is 15.2. The lowest BCUT2D eigenvalue weighted by Gasteiger charge is -2.47. The Morgan fingerprint density at radius 3 is 2.18 bits per heavy atom. The second-order valence-corrected chi connectivity index (χ2v) is 10.7. The quantitative estimate of drug-likeness (QED) is 0.405. The molecule has 0 N–H and O–H groups in total.